The zero-order valence-corrected chi connectivity index (χ0v) is 18.4. The number of ether oxygens (including phenoxy) is 2. The Morgan fingerprint density at radius 2 is 1.71 bits per heavy atom. The molecule has 0 bridgehead atoms. The fourth-order valence-corrected chi connectivity index (χ4v) is 3.31. The van der Waals surface area contributed by atoms with Gasteiger partial charge in [-0.2, -0.15) is 0 Å². The van der Waals surface area contributed by atoms with Crippen LogP contribution in [0.15, 0.2) is 24.3 Å². The van der Waals surface area contributed by atoms with Crippen molar-refractivity contribution >= 4 is 18.0 Å². The summed E-state index contributed by atoms with van der Waals surface area (Å²) in [5.74, 6) is -2.29. The van der Waals surface area contributed by atoms with Gasteiger partial charge in [-0.3, -0.25) is 0 Å². The summed E-state index contributed by atoms with van der Waals surface area (Å²) >= 11 is 0. The Kier molecular flexibility index (Phi) is 13.0. The van der Waals surface area contributed by atoms with Crippen molar-refractivity contribution in [3.05, 3.63) is 29.8 Å². The number of carboxylic acids is 2. The zero-order chi connectivity index (χ0) is 23.1. The van der Waals surface area contributed by atoms with E-state index in [4.69, 9.17) is 29.3 Å². The van der Waals surface area contributed by atoms with Crippen molar-refractivity contribution in [3.8, 4) is 11.5 Å². The second-order valence-electron chi connectivity index (χ2n) is 7.44. The van der Waals surface area contributed by atoms with E-state index in [-0.39, 0.29) is 6.61 Å². The lowest BCUT2D eigenvalue weighted by Gasteiger charge is -2.23. The smallest absolute Gasteiger partial charge is 0.414 e. The van der Waals surface area contributed by atoms with Crippen LogP contribution in [0.25, 0.3) is 6.08 Å². The average Bonchev–Trinajstić information content (AvgIpc) is 2.72. The molecule has 1 aliphatic carbocycles. The quantitative estimate of drug-likeness (QED) is 0.457. The van der Waals surface area contributed by atoms with Crippen LogP contribution in [0, 0.1) is 0 Å². The van der Waals surface area contributed by atoms with Gasteiger partial charge in [0, 0.05) is 12.6 Å². The molecule has 0 amide bonds. The lowest BCUT2D eigenvalue weighted by molar-refractivity contribution is -0.159. The van der Waals surface area contributed by atoms with Crippen molar-refractivity contribution in [2.45, 2.75) is 64.0 Å². The summed E-state index contributed by atoms with van der Waals surface area (Å²) in [6, 6.07) is 6.35. The number of carbonyl (C=O) groups is 2. The molecule has 0 saturated heterocycles. The van der Waals surface area contributed by atoms with Crippen molar-refractivity contribution in [2.24, 2.45) is 0 Å². The number of aliphatic hydroxyl groups excluding tert-OH is 1. The molecule has 1 aromatic carbocycles. The van der Waals surface area contributed by atoms with E-state index in [9.17, 15) is 5.11 Å². The molecule has 4 N–H and O–H groups in total. The summed E-state index contributed by atoms with van der Waals surface area (Å²) in [5.41, 5.74) is 1.07. The van der Waals surface area contributed by atoms with Crippen LogP contribution in [0.3, 0.4) is 0 Å². The maximum Gasteiger partial charge on any atom is 0.414 e. The molecule has 8 heteroatoms. The van der Waals surface area contributed by atoms with Crippen LogP contribution in [-0.4, -0.2) is 59.7 Å². The fraction of sp³-hybridized carbons (Fsp3) is 0.565. The SMILES string of the molecule is C/C=C/c1ccc(OCC(O)CNC2CCCCCCC2)c(OC)c1.O=C(O)C(=O)O. The van der Waals surface area contributed by atoms with Gasteiger partial charge in [0.2, 0.25) is 0 Å². The molecular formula is C23H35NO7. The van der Waals surface area contributed by atoms with Gasteiger partial charge < -0.3 is 30.1 Å². The predicted molar refractivity (Wildman–Crippen MR) is 119 cm³/mol. The molecule has 0 aliphatic heterocycles. The van der Waals surface area contributed by atoms with E-state index in [2.05, 4.69) is 5.32 Å². The highest BCUT2D eigenvalue weighted by molar-refractivity contribution is 6.27. The topological polar surface area (TPSA) is 125 Å². The van der Waals surface area contributed by atoms with E-state index in [0.29, 0.717) is 24.1 Å². The maximum atomic E-state index is 10.2. The molecule has 1 atom stereocenters. The van der Waals surface area contributed by atoms with Crippen LogP contribution in [0.2, 0.25) is 0 Å². The van der Waals surface area contributed by atoms with E-state index in [1.807, 2.05) is 37.3 Å². The second-order valence-corrected chi connectivity index (χ2v) is 7.44. The lowest BCUT2D eigenvalue weighted by Crippen LogP contribution is -2.38. The number of nitrogens with one attached hydrogen (secondary N) is 1. The van der Waals surface area contributed by atoms with E-state index >= 15 is 0 Å². The third kappa shape index (κ3) is 11.4. The van der Waals surface area contributed by atoms with Gasteiger partial charge in [-0.1, -0.05) is 50.3 Å². The van der Waals surface area contributed by atoms with Gasteiger partial charge >= 0.3 is 11.9 Å². The van der Waals surface area contributed by atoms with E-state index in [1.54, 1.807) is 7.11 Å². The summed E-state index contributed by atoms with van der Waals surface area (Å²) in [5, 5.41) is 28.5. The minimum Gasteiger partial charge on any atom is -0.493 e. The van der Waals surface area contributed by atoms with Crippen molar-refractivity contribution < 1.29 is 34.4 Å². The van der Waals surface area contributed by atoms with Crippen molar-refractivity contribution in [3.63, 3.8) is 0 Å². The molecular weight excluding hydrogens is 402 g/mol. The Hall–Kier alpha value is -2.58. The first-order valence-electron chi connectivity index (χ1n) is 10.7. The highest BCUT2D eigenvalue weighted by atomic mass is 16.5. The Bertz CT molecular complexity index is 685. The van der Waals surface area contributed by atoms with Crippen LogP contribution in [0.4, 0.5) is 0 Å². The first-order chi connectivity index (χ1) is 14.9. The highest BCUT2D eigenvalue weighted by Crippen LogP contribution is 2.28. The Morgan fingerprint density at radius 3 is 2.26 bits per heavy atom. The summed E-state index contributed by atoms with van der Waals surface area (Å²) in [6.07, 6.45) is 12.5. The van der Waals surface area contributed by atoms with E-state index < -0.39 is 18.0 Å². The molecule has 0 heterocycles. The number of allylic oxidation sites excluding steroid dienone is 1. The average molecular weight is 438 g/mol. The molecule has 1 unspecified atom stereocenters. The Morgan fingerprint density at radius 1 is 1.10 bits per heavy atom. The molecule has 1 saturated carbocycles. The molecule has 0 aromatic heterocycles. The van der Waals surface area contributed by atoms with E-state index in [1.165, 1.54) is 44.9 Å². The van der Waals surface area contributed by atoms with Crippen LogP contribution in [0.5, 0.6) is 11.5 Å². The molecule has 0 spiro atoms. The number of hydrogen-bond acceptors (Lipinski definition) is 6. The number of aliphatic carboxylic acids is 2. The third-order valence-corrected chi connectivity index (χ3v) is 4.91. The third-order valence-electron chi connectivity index (χ3n) is 4.91. The molecule has 0 radical (unpaired) electrons. The van der Waals surface area contributed by atoms with Gasteiger partial charge in [-0.15, -0.1) is 0 Å². The minimum atomic E-state index is -1.82. The molecule has 174 valence electrons. The number of hydrogen-bond donors (Lipinski definition) is 4. The summed E-state index contributed by atoms with van der Waals surface area (Å²) < 4.78 is 11.2. The maximum absolute atomic E-state index is 10.2. The zero-order valence-electron chi connectivity index (χ0n) is 18.4. The fourth-order valence-electron chi connectivity index (χ4n) is 3.31. The van der Waals surface area contributed by atoms with Crippen LogP contribution in [-0.2, 0) is 9.59 Å². The monoisotopic (exact) mass is 437 g/mol. The largest absolute Gasteiger partial charge is 0.493 e. The first kappa shape index (κ1) is 26.5. The number of rotatable bonds is 8. The Balaban J connectivity index is 0.000000703. The molecule has 8 nitrogen and oxygen atoms in total. The van der Waals surface area contributed by atoms with Crippen molar-refractivity contribution in [1.29, 1.82) is 0 Å². The molecule has 1 fully saturated rings. The molecule has 1 aliphatic rings. The van der Waals surface area contributed by atoms with E-state index in [0.717, 1.165) is 5.56 Å². The summed E-state index contributed by atoms with van der Waals surface area (Å²) in [7, 11) is 1.63. The van der Waals surface area contributed by atoms with Gasteiger partial charge in [0.05, 0.1) is 7.11 Å². The number of methoxy groups -OCH3 is 1. The lowest BCUT2D eigenvalue weighted by atomic mass is 9.96. The number of benzene rings is 1. The van der Waals surface area contributed by atoms with Crippen molar-refractivity contribution in [2.75, 3.05) is 20.3 Å². The first-order valence-corrected chi connectivity index (χ1v) is 10.7. The van der Waals surface area contributed by atoms with Gasteiger partial charge in [-0.25, -0.2) is 9.59 Å². The van der Waals surface area contributed by atoms with Gasteiger partial charge in [0.1, 0.15) is 12.7 Å². The Labute approximate surface area is 183 Å². The van der Waals surface area contributed by atoms with Crippen LogP contribution < -0.4 is 14.8 Å². The molecule has 1 aromatic rings. The molecule has 2 rings (SSSR count). The molecule has 31 heavy (non-hydrogen) atoms. The second kappa shape index (κ2) is 15.3. The minimum absolute atomic E-state index is 0.263. The van der Waals surface area contributed by atoms with Crippen molar-refractivity contribution in [1.82, 2.24) is 5.32 Å². The van der Waals surface area contributed by atoms with Gasteiger partial charge in [0.25, 0.3) is 0 Å². The highest BCUT2D eigenvalue weighted by Gasteiger charge is 2.14. The van der Waals surface area contributed by atoms with Gasteiger partial charge in [0.15, 0.2) is 11.5 Å². The van der Waals surface area contributed by atoms with Crippen LogP contribution >= 0.6 is 0 Å². The number of carboxylic acid groups (broad SMARTS) is 2. The summed E-state index contributed by atoms with van der Waals surface area (Å²) in [4.78, 5) is 18.2. The number of aliphatic hydroxyl groups is 1. The summed E-state index contributed by atoms with van der Waals surface area (Å²) in [6.45, 7) is 2.82. The standard InChI is InChI=1S/C21H33NO3.C2H2O4/c1-3-9-17-12-13-20(21(14-17)24-2)25-16-19(23)15-22-18-10-7-5-4-6-8-11-18;3-1(4)2(5)6/h3,9,12-14,18-19,22-23H,4-8,10-11,15-16H2,1-2H3;(H,3,4)(H,5,6)/b9-3+;. The van der Waals surface area contributed by atoms with Crippen LogP contribution in [0.1, 0.15) is 57.4 Å². The normalized spacial score (nSPS) is 15.8. The van der Waals surface area contributed by atoms with Gasteiger partial charge in [-0.05, 0) is 37.5 Å². The predicted octanol–water partition coefficient (Wildman–Crippen LogP) is 3.33.